The molecule has 0 aromatic heterocycles. The second kappa shape index (κ2) is 6.00. The predicted molar refractivity (Wildman–Crippen MR) is 83.4 cm³/mol. The van der Waals surface area contributed by atoms with E-state index in [4.69, 9.17) is 5.73 Å². The number of nitrogen functional groups attached to an aromatic ring is 1. The average Bonchev–Trinajstić information content (AvgIpc) is 2.38. The molecule has 3 nitrogen and oxygen atoms in total. The van der Waals surface area contributed by atoms with Crippen molar-refractivity contribution in [3.05, 3.63) is 29.3 Å². The largest absolute Gasteiger partial charge is 0.398 e. The Kier molecular flexibility index (Phi) is 4.35. The molecule has 3 heteroatoms. The molecule has 19 heavy (non-hydrogen) atoms. The van der Waals surface area contributed by atoms with Gasteiger partial charge in [0.1, 0.15) is 0 Å². The van der Waals surface area contributed by atoms with Gasteiger partial charge < -0.3 is 5.73 Å². The minimum atomic E-state index is 0.295. The van der Waals surface area contributed by atoms with Gasteiger partial charge in [0.25, 0.3) is 0 Å². The summed E-state index contributed by atoms with van der Waals surface area (Å²) in [6, 6.07) is 6.46. The summed E-state index contributed by atoms with van der Waals surface area (Å²) in [6.07, 6.45) is 4.13. The zero-order valence-corrected chi connectivity index (χ0v) is 12.1. The maximum atomic E-state index is 6.10. The molecule has 0 saturated heterocycles. The minimum absolute atomic E-state index is 0.295. The van der Waals surface area contributed by atoms with Crippen LogP contribution in [0.5, 0.6) is 0 Å². The number of nitrogens with zero attached hydrogens (tertiary/aromatic N) is 2. The lowest BCUT2D eigenvalue weighted by molar-refractivity contribution is 0.538. The predicted octanol–water partition coefficient (Wildman–Crippen LogP) is 3.32. The lowest BCUT2D eigenvalue weighted by Crippen LogP contribution is -2.14. The zero-order chi connectivity index (χ0) is 13.8. The number of hydrogen-bond acceptors (Lipinski definition) is 3. The summed E-state index contributed by atoms with van der Waals surface area (Å²) >= 11 is 0. The molecule has 1 aromatic carbocycles. The van der Waals surface area contributed by atoms with E-state index < -0.39 is 0 Å². The molecule has 1 aliphatic heterocycles. The van der Waals surface area contributed by atoms with Crippen LogP contribution in [0.2, 0.25) is 0 Å². The van der Waals surface area contributed by atoms with Gasteiger partial charge in [-0.1, -0.05) is 19.1 Å². The van der Waals surface area contributed by atoms with Crippen LogP contribution in [-0.4, -0.2) is 24.5 Å². The van der Waals surface area contributed by atoms with E-state index >= 15 is 0 Å². The van der Waals surface area contributed by atoms with E-state index in [1.54, 1.807) is 0 Å². The van der Waals surface area contributed by atoms with Gasteiger partial charge in [-0.05, 0) is 44.2 Å². The van der Waals surface area contributed by atoms with E-state index in [-0.39, 0.29) is 0 Å². The van der Waals surface area contributed by atoms with Gasteiger partial charge in [0.2, 0.25) is 0 Å². The summed E-state index contributed by atoms with van der Waals surface area (Å²) in [5.74, 6) is 0.707. The molecule has 1 atom stereocenters. The van der Waals surface area contributed by atoms with Crippen molar-refractivity contribution >= 4 is 17.6 Å². The van der Waals surface area contributed by atoms with Crippen LogP contribution in [0, 0.1) is 5.92 Å². The van der Waals surface area contributed by atoms with E-state index in [0.29, 0.717) is 12.0 Å². The highest BCUT2D eigenvalue weighted by atomic mass is 14.8. The number of anilines is 1. The molecule has 1 heterocycles. The Morgan fingerprint density at radius 3 is 2.79 bits per heavy atom. The minimum Gasteiger partial charge on any atom is -0.398 e. The van der Waals surface area contributed by atoms with Crippen LogP contribution in [0.25, 0.3) is 0 Å². The normalized spacial score (nSPS) is 20.0. The second-order valence-electron chi connectivity index (χ2n) is 5.65. The fourth-order valence-electron chi connectivity index (χ4n) is 2.16. The Balaban J connectivity index is 2.19. The summed E-state index contributed by atoms with van der Waals surface area (Å²) in [7, 11) is 0. The summed E-state index contributed by atoms with van der Waals surface area (Å²) in [5, 5.41) is 0. The average molecular weight is 257 g/mol. The summed E-state index contributed by atoms with van der Waals surface area (Å²) in [5.41, 5.74) is 10.2. The summed E-state index contributed by atoms with van der Waals surface area (Å²) in [4.78, 5) is 9.03. The van der Waals surface area contributed by atoms with Crippen LogP contribution < -0.4 is 5.73 Å². The maximum absolute atomic E-state index is 6.10. The number of aliphatic imine (C=N–C) groups is 2. The van der Waals surface area contributed by atoms with Gasteiger partial charge in [0.05, 0.1) is 0 Å². The fourth-order valence-corrected chi connectivity index (χ4v) is 2.16. The Bertz CT molecular complexity index is 501. The monoisotopic (exact) mass is 257 g/mol. The first-order valence-electron chi connectivity index (χ1n) is 7.02. The van der Waals surface area contributed by atoms with Crippen LogP contribution in [0.3, 0.4) is 0 Å². The van der Waals surface area contributed by atoms with E-state index in [1.165, 1.54) is 12.1 Å². The first kappa shape index (κ1) is 13.8. The van der Waals surface area contributed by atoms with Gasteiger partial charge in [0.15, 0.2) is 0 Å². The van der Waals surface area contributed by atoms with Crippen LogP contribution in [0.15, 0.2) is 28.2 Å². The Labute approximate surface area is 115 Å². The van der Waals surface area contributed by atoms with E-state index in [2.05, 4.69) is 36.8 Å². The SMILES string of the molecule is CC(C)N=Cc1ccc(C2=NC[C@H](C)CC2)cc1N. The molecule has 102 valence electrons. The molecule has 0 saturated carbocycles. The number of benzene rings is 1. The van der Waals surface area contributed by atoms with Crippen molar-refractivity contribution in [3.63, 3.8) is 0 Å². The van der Waals surface area contributed by atoms with Gasteiger partial charge in [-0.25, -0.2) is 0 Å². The van der Waals surface area contributed by atoms with E-state index in [1.807, 2.05) is 18.3 Å². The van der Waals surface area contributed by atoms with Gasteiger partial charge in [-0.15, -0.1) is 0 Å². The van der Waals surface area contributed by atoms with Crippen molar-refractivity contribution in [3.8, 4) is 0 Å². The zero-order valence-electron chi connectivity index (χ0n) is 12.1. The topological polar surface area (TPSA) is 50.7 Å². The lowest BCUT2D eigenvalue weighted by atomic mass is 9.95. The first-order valence-corrected chi connectivity index (χ1v) is 7.02. The highest BCUT2D eigenvalue weighted by Gasteiger charge is 2.13. The third kappa shape index (κ3) is 3.66. The summed E-state index contributed by atoms with van der Waals surface area (Å²) in [6.45, 7) is 7.30. The molecule has 2 N–H and O–H groups in total. The van der Waals surface area contributed by atoms with Crippen LogP contribution in [0.4, 0.5) is 5.69 Å². The molecule has 0 unspecified atom stereocenters. The van der Waals surface area contributed by atoms with Crippen molar-refractivity contribution < 1.29 is 0 Å². The highest BCUT2D eigenvalue weighted by Crippen LogP contribution is 2.20. The standard InChI is InChI=1S/C16H23N3/c1-11(2)18-10-14-6-5-13(8-15(14)17)16-7-4-12(3)9-19-16/h5-6,8,10-12H,4,7,9,17H2,1-3H3/t12-/m1/s1. The molecule has 0 bridgehead atoms. The van der Waals surface area contributed by atoms with Gasteiger partial charge >= 0.3 is 0 Å². The maximum Gasteiger partial charge on any atom is 0.0443 e. The van der Waals surface area contributed by atoms with Crippen molar-refractivity contribution in [2.45, 2.75) is 39.7 Å². The molecule has 0 fully saturated rings. The molecular formula is C16H23N3. The van der Waals surface area contributed by atoms with Crippen molar-refractivity contribution in [2.75, 3.05) is 12.3 Å². The van der Waals surface area contributed by atoms with E-state index in [9.17, 15) is 0 Å². The quantitative estimate of drug-likeness (QED) is 0.655. The number of hydrogen-bond donors (Lipinski definition) is 1. The van der Waals surface area contributed by atoms with Gasteiger partial charge in [0, 0.05) is 35.8 Å². The lowest BCUT2D eigenvalue weighted by Gasteiger charge is -2.18. The van der Waals surface area contributed by atoms with Gasteiger partial charge in [-0.2, -0.15) is 0 Å². The Morgan fingerprint density at radius 1 is 1.42 bits per heavy atom. The number of nitrogens with two attached hydrogens (primary N) is 1. The van der Waals surface area contributed by atoms with Crippen LogP contribution in [0.1, 0.15) is 44.7 Å². The molecule has 1 aromatic rings. The van der Waals surface area contributed by atoms with Gasteiger partial charge in [-0.3, -0.25) is 9.98 Å². The van der Waals surface area contributed by atoms with Crippen molar-refractivity contribution in [1.82, 2.24) is 0 Å². The Morgan fingerprint density at radius 2 is 2.21 bits per heavy atom. The molecule has 0 spiro atoms. The molecule has 0 radical (unpaired) electrons. The molecule has 2 rings (SSSR count). The number of rotatable bonds is 3. The molecule has 0 amide bonds. The second-order valence-corrected chi connectivity index (χ2v) is 5.65. The van der Waals surface area contributed by atoms with Crippen molar-refractivity contribution in [1.29, 1.82) is 0 Å². The Hall–Kier alpha value is -1.64. The molecule has 1 aliphatic rings. The summed E-state index contributed by atoms with van der Waals surface area (Å²) < 4.78 is 0. The van der Waals surface area contributed by atoms with Crippen LogP contribution in [-0.2, 0) is 0 Å². The third-order valence-electron chi connectivity index (χ3n) is 3.40. The highest BCUT2D eigenvalue weighted by molar-refractivity contribution is 6.02. The third-order valence-corrected chi connectivity index (χ3v) is 3.40. The van der Waals surface area contributed by atoms with Crippen LogP contribution >= 0.6 is 0 Å². The smallest absolute Gasteiger partial charge is 0.0443 e. The van der Waals surface area contributed by atoms with E-state index in [0.717, 1.165) is 29.8 Å². The molecule has 0 aliphatic carbocycles. The molecular weight excluding hydrogens is 234 g/mol. The first-order chi connectivity index (χ1) is 9.06. The fraction of sp³-hybridized carbons (Fsp3) is 0.500. The van der Waals surface area contributed by atoms with Crippen molar-refractivity contribution in [2.24, 2.45) is 15.9 Å².